The van der Waals surface area contributed by atoms with Gasteiger partial charge in [-0.1, -0.05) is 24.3 Å². The van der Waals surface area contributed by atoms with Gasteiger partial charge in [0.1, 0.15) is 12.7 Å². The Morgan fingerprint density at radius 1 is 0.931 bits per heavy atom. The molecule has 2 aromatic heterocycles. The van der Waals surface area contributed by atoms with Crippen molar-refractivity contribution in [3.8, 4) is 5.69 Å². The summed E-state index contributed by atoms with van der Waals surface area (Å²) in [5, 5.41) is 7.78. The topological polar surface area (TPSA) is 71.8 Å². The first kappa shape index (κ1) is 17.6. The molecule has 1 fully saturated rings. The Bertz CT molecular complexity index is 1100. The first-order valence-corrected chi connectivity index (χ1v) is 10.0. The number of hydrogen-bond donors (Lipinski definition) is 1. The van der Waals surface area contributed by atoms with Gasteiger partial charge in [-0.2, -0.15) is 5.10 Å². The lowest BCUT2D eigenvalue weighted by Crippen LogP contribution is -2.22. The minimum absolute atomic E-state index is 0.0941. The lowest BCUT2D eigenvalue weighted by molar-refractivity contribution is 0.852. The molecule has 1 atom stereocenters. The third kappa shape index (κ3) is 3.51. The number of nitrogens with zero attached hydrogens (tertiary/aromatic N) is 6. The Balaban J connectivity index is 1.44. The van der Waals surface area contributed by atoms with E-state index in [-0.39, 0.29) is 6.04 Å². The van der Waals surface area contributed by atoms with Crippen molar-refractivity contribution >= 4 is 22.7 Å². The molecule has 2 aromatic carbocycles. The summed E-state index contributed by atoms with van der Waals surface area (Å²) in [6, 6.07) is 16.5. The standard InChI is InChI=1S/C22H23N7/c1-16(17-8-10-18(11-9-17)29-15-23-14-24-29)25-21-22(28-12-4-5-13-28)27-20-7-3-2-6-19(20)26-21/h2-3,6-11,14-16H,4-5,12-13H2,1H3,(H,25,26). The van der Waals surface area contributed by atoms with Crippen LogP contribution in [0.3, 0.4) is 0 Å². The molecule has 7 nitrogen and oxygen atoms in total. The maximum Gasteiger partial charge on any atom is 0.172 e. The van der Waals surface area contributed by atoms with E-state index in [2.05, 4.69) is 51.5 Å². The second-order valence-electron chi connectivity index (χ2n) is 7.38. The summed E-state index contributed by atoms with van der Waals surface area (Å²) >= 11 is 0. The molecule has 1 unspecified atom stereocenters. The van der Waals surface area contributed by atoms with Gasteiger partial charge in [0.05, 0.1) is 22.8 Å². The Hall–Kier alpha value is -3.48. The molecule has 0 bridgehead atoms. The Labute approximate surface area is 169 Å². The van der Waals surface area contributed by atoms with E-state index < -0.39 is 0 Å². The lowest BCUT2D eigenvalue weighted by Gasteiger charge is -2.23. The highest BCUT2D eigenvalue weighted by molar-refractivity contribution is 5.80. The van der Waals surface area contributed by atoms with E-state index >= 15 is 0 Å². The van der Waals surface area contributed by atoms with Gasteiger partial charge >= 0.3 is 0 Å². The Morgan fingerprint density at radius 3 is 2.34 bits per heavy atom. The van der Waals surface area contributed by atoms with Crippen LogP contribution >= 0.6 is 0 Å². The second kappa shape index (κ2) is 7.50. The Morgan fingerprint density at radius 2 is 1.66 bits per heavy atom. The van der Waals surface area contributed by atoms with Gasteiger partial charge < -0.3 is 10.2 Å². The second-order valence-corrected chi connectivity index (χ2v) is 7.38. The highest BCUT2D eigenvalue weighted by atomic mass is 15.3. The molecule has 1 aliphatic rings. The number of para-hydroxylation sites is 2. The van der Waals surface area contributed by atoms with Crippen LogP contribution in [0, 0.1) is 0 Å². The van der Waals surface area contributed by atoms with Crippen molar-refractivity contribution in [3.63, 3.8) is 0 Å². The van der Waals surface area contributed by atoms with Gasteiger partial charge in [-0.15, -0.1) is 0 Å². The number of aromatic nitrogens is 5. The third-order valence-corrected chi connectivity index (χ3v) is 5.39. The zero-order valence-corrected chi connectivity index (χ0v) is 16.4. The van der Waals surface area contributed by atoms with Crippen LogP contribution in [0.15, 0.2) is 61.2 Å². The van der Waals surface area contributed by atoms with Crippen molar-refractivity contribution in [2.24, 2.45) is 0 Å². The fraction of sp³-hybridized carbons (Fsp3) is 0.273. The molecule has 4 aromatic rings. The molecular weight excluding hydrogens is 362 g/mol. The third-order valence-electron chi connectivity index (χ3n) is 5.39. The number of anilines is 2. The van der Waals surface area contributed by atoms with E-state index in [1.807, 2.05) is 24.3 Å². The van der Waals surface area contributed by atoms with E-state index in [1.165, 1.54) is 24.7 Å². The summed E-state index contributed by atoms with van der Waals surface area (Å²) in [6.07, 6.45) is 5.64. The average molecular weight is 385 g/mol. The van der Waals surface area contributed by atoms with Crippen molar-refractivity contribution in [1.82, 2.24) is 24.7 Å². The zero-order valence-electron chi connectivity index (χ0n) is 16.4. The van der Waals surface area contributed by atoms with E-state index in [9.17, 15) is 0 Å². The summed E-state index contributed by atoms with van der Waals surface area (Å²) in [7, 11) is 0. The van der Waals surface area contributed by atoms with Gasteiger partial charge in [-0.3, -0.25) is 0 Å². The van der Waals surface area contributed by atoms with Crippen LogP contribution in [0.1, 0.15) is 31.4 Å². The fourth-order valence-corrected chi connectivity index (χ4v) is 3.78. The van der Waals surface area contributed by atoms with Gasteiger partial charge in [-0.05, 0) is 49.6 Å². The summed E-state index contributed by atoms with van der Waals surface area (Å²) in [6.45, 7) is 4.21. The number of nitrogens with one attached hydrogen (secondary N) is 1. The fourth-order valence-electron chi connectivity index (χ4n) is 3.78. The SMILES string of the molecule is CC(Nc1nc2ccccc2nc1N1CCCC1)c1ccc(-n2cncn2)cc1. The first-order valence-electron chi connectivity index (χ1n) is 10.0. The molecule has 0 radical (unpaired) electrons. The van der Waals surface area contributed by atoms with Crippen LogP contribution in [0.2, 0.25) is 0 Å². The van der Waals surface area contributed by atoms with Crippen LogP contribution in [-0.4, -0.2) is 37.8 Å². The lowest BCUT2D eigenvalue weighted by atomic mass is 10.1. The molecule has 146 valence electrons. The maximum absolute atomic E-state index is 4.93. The highest BCUT2D eigenvalue weighted by Gasteiger charge is 2.20. The molecule has 0 saturated carbocycles. The van der Waals surface area contributed by atoms with Gasteiger partial charge in [0.25, 0.3) is 0 Å². The predicted molar refractivity (Wildman–Crippen MR) is 114 cm³/mol. The highest BCUT2D eigenvalue weighted by Crippen LogP contribution is 2.30. The van der Waals surface area contributed by atoms with Crippen LogP contribution < -0.4 is 10.2 Å². The summed E-state index contributed by atoms with van der Waals surface area (Å²) in [4.78, 5) is 16.2. The van der Waals surface area contributed by atoms with Gasteiger partial charge in [0.2, 0.25) is 0 Å². The Kier molecular flexibility index (Phi) is 4.56. The minimum Gasteiger partial charge on any atom is -0.360 e. The van der Waals surface area contributed by atoms with E-state index in [0.29, 0.717) is 0 Å². The van der Waals surface area contributed by atoms with Gasteiger partial charge in [0, 0.05) is 13.1 Å². The van der Waals surface area contributed by atoms with Crippen molar-refractivity contribution in [3.05, 3.63) is 66.7 Å². The predicted octanol–water partition coefficient (Wildman–Crippen LogP) is 3.98. The molecule has 3 heterocycles. The summed E-state index contributed by atoms with van der Waals surface area (Å²) < 4.78 is 1.75. The van der Waals surface area contributed by atoms with Crippen molar-refractivity contribution in [2.45, 2.75) is 25.8 Å². The largest absolute Gasteiger partial charge is 0.360 e. The molecule has 0 amide bonds. The van der Waals surface area contributed by atoms with Crippen LogP contribution in [0.25, 0.3) is 16.7 Å². The molecule has 7 heteroatoms. The number of hydrogen-bond acceptors (Lipinski definition) is 6. The van der Waals surface area contributed by atoms with Crippen LogP contribution in [0.4, 0.5) is 11.6 Å². The van der Waals surface area contributed by atoms with Crippen LogP contribution in [0.5, 0.6) is 0 Å². The number of fused-ring (bicyclic) bond motifs is 1. The quantitative estimate of drug-likeness (QED) is 0.560. The summed E-state index contributed by atoms with van der Waals surface area (Å²) in [5.41, 5.74) is 4.01. The van der Waals surface area contributed by atoms with E-state index in [4.69, 9.17) is 9.97 Å². The average Bonchev–Trinajstić information content (AvgIpc) is 3.48. The molecule has 1 saturated heterocycles. The monoisotopic (exact) mass is 385 g/mol. The minimum atomic E-state index is 0.0941. The molecule has 5 rings (SSSR count). The maximum atomic E-state index is 4.93. The number of benzene rings is 2. The summed E-state index contributed by atoms with van der Waals surface area (Å²) in [5.74, 6) is 1.80. The molecule has 0 aliphatic carbocycles. The van der Waals surface area contributed by atoms with Crippen molar-refractivity contribution in [1.29, 1.82) is 0 Å². The van der Waals surface area contributed by atoms with E-state index in [0.717, 1.165) is 41.4 Å². The van der Waals surface area contributed by atoms with Crippen LogP contribution in [-0.2, 0) is 0 Å². The van der Waals surface area contributed by atoms with E-state index in [1.54, 1.807) is 11.0 Å². The zero-order chi connectivity index (χ0) is 19.6. The molecule has 1 N–H and O–H groups in total. The smallest absolute Gasteiger partial charge is 0.172 e. The van der Waals surface area contributed by atoms with Crippen molar-refractivity contribution in [2.75, 3.05) is 23.3 Å². The van der Waals surface area contributed by atoms with Crippen molar-refractivity contribution < 1.29 is 0 Å². The van der Waals surface area contributed by atoms with Gasteiger partial charge in [-0.25, -0.2) is 19.6 Å². The first-order chi connectivity index (χ1) is 14.3. The normalized spacial score (nSPS) is 15.0. The molecule has 29 heavy (non-hydrogen) atoms. The molecule has 0 spiro atoms. The van der Waals surface area contributed by atoms with Gasteiger partial charge in [0.15, 0.2) is 11.6 Å². The number of rotatable bonds is 5. The molecule has 1 aliphatic heterocycles. The molecular formula is C22H23N7.